The molecule has 5 heteroatoms. The summed E-state index contributed by atoms with van der Waals surface area (Å²) in [5.74, 6) is 0.111. The average Bonchev–Trinajstić information content (AvgIpc) is 2.41. The fraction of sp³-hybridized carbons (Fsp3) is 0.0714. The van der Waals surface area contributed by atoms with E-state index in [0.29, 0.717) is 17.0 Å². The van der Waals surface area contributed by atoms with Crippen LogP contribution in [0.15, 0.2) is 42.5 Å². The number of rotatable bonds is 3. The van der Waals surface area contributed by atoms with Gasteiger partial charge >= 0.3 is 0 Å². The monoisotopic (exact) mass is 258 g/mol. The lowest BCUT2D eigenvalue weighted by Gasteiger charge is -2.10. The number of methoxy groups -OCH3 is 1. The Morgan fingerprint density at radius 2 is 2.00 bits per heavy atom. The van der Waals surface area contributed by atoms with Crippen molar-refractivity contribution < 1.29 is 14.6 Å². The van der Waals surface area contributed by atoms with E-state index in [0.717, 1.165) is 0 Å². The molecule has 0 aromatic heterocycles. The number of hydrogen-bond acceptors (Lipinski definition) is 4. The number of phenols is 1. The van der Waals surface area contributed by atoms with E-state index in [2.05, 4.69) is 5.32 Å². The highest BCUT2D eigenvalue weighted by molar-refractivity contribution is 6.08. The zero-order chi connectivity index (χ0) is 13.8. The van der Waals surface area contributed by atoms with Crippen molar-refractivity contribution in [1.82, 2.24) is 0 Å². The quantitative estimate of drug-likeness (QED) is 0.582. The third-order valence-corrected chi connectivity index (χ3v) is 2.66. The molecule has 0 fully saturated rings. The fourth-order valence-corrected chi connectivity index (χ4v) is 1.64. The molecule has 4 N–H and O–H groups in total. The number of aromatic hydroxyl groups is 1. The van der Waals surface area contributed by atoms with Gasteiger partial charge in [0.15, 0.2) is 0 Å². The number of nitrogens with two attached hydrogens (primary N) is 1. The Bertz CT molecular complexity index is 611. The smallest absolute Gasteiger partial charge is 0.257 e. The molecule has 0 bridgehead atoms. The van der Waals surface area contributed by atoms with Crippen LogP contribution in [0.3, 0.4) is 0 Å². The van der Waals surface area contributed by atoms with Crippen LogP contribution >= 0.6 is 0 Å². The van der Waals surface area contributed by atoms with Crippen LogP contribution in [0.2, 0.25) is 0 Å². The predicted molar refractivity (Wildman–Crippen MR) is 73.5 cm³/mol. The maximum Gasteiger partial charge on any atom is 0.257 e. The highest BCUT2D eigenvalue weighted by Gasteiger charge is 2.12. The second kappa shape index (κ2) is 5.30. The molecule has 0 heterocycles. The van der Waals surface area contributed by atoms with Crippen molar-refractivity contribution in [3.63, 3.8) is 0 Å². The van der Waals surface area contributed by atoms with Crippen molar-refractivity contribution in [2.45, 2.75) is 0 Å². The van der Waals surface area contributed by atoms with Crippen LogP contribution in [0.4, 0.5) is 11.4 Å². The molecule has 2 rings (SSSR count). The predicted octanol–water partition coefficient (Wildman–Crippen LogP) is 2.24. The van der Waals surface area contributed by atoms with E-state index >= 15 is 0 Å². The molecule has 1 amide bonds. The van der Waals surface area contributed by atoms with Crippen LogP contribution in [0.5, 0.6) is 11.5 Å². The van der Waals surface area contributed by atoms with Crippen molar-refractivity contribution in [3.8, 4) is 11.5 Å². The summed E-state index contributed by atoms with van der Waals surface area (Å²) in [5.41, 5.74) is 6.72. The third-order valence-electron chi connectivity index (χ3n) is 2.66. The molecule has 0 unspecified atom stereocenters. The molecular weight excluding hydrogens is 244 g/mol. The van der Waals surface area contributed by atoms with Gasteiger partial charge in [0.1, 0.15) is 11.5 Å². The number of para-hydroxylation sites is 1. The minimum Gasteiger partial charge on any atom is -0.506 e. The Balaban J connectivity index is 2.26. The zero-order valence-electron chi connectivity index (χ0n) is 10.4. The molecule has 2 aromatic rings. The normalized spacial score (nSPS) is 9.95. The molecule has 19 heavy (non-hydrogen) atoms. The SMILES string of the molecule is COc1ccc(O)c(NC(=O)c2ccccc2N)c1. The van der Waals surface area contributed by atoms with E-state index in [4.69, 9.17) is 10.5 Å². The van der Waals surface area contributed by atoms with E-state index in [1.54, 1.807) is 30.3 Å². The van der Waals surface area contributed by atoms with Gasteiger partial charge in [-0.3, -0.25) is 4.79 Å². The molecule has 98 valence electrons. The Kier molecular flexibility index (Phi) is 3.56. The standard InChI is InChI=1S/C14H14N2O3/c1-19-9-6-7-13(17)12(8-9)16-14(18)10-4-2-3-5-11(10)15/h2-8,17H,15H2,1H3,(H,16,18). The number of nitrogen functional groups attached to an aromatic ring is 1. The van der Waals surface area contributed by atoms with Crippen LogP contribution < -0.4 is 15.8 Å². The summed E-state index contributed by atoms with van der Waals surface area (Å²) in [6, 6.07) is 11.3. The van der Waals surface area contributed by atoms with Crippen molar-refractivity contribution in [1.29, 1.82) is 0 Å². The second-order valence-corrected chi connectivity index (χ2v) is 3.92. The lowest BCUT2D eigenvalue weighted by molar-refractivity contribution is 0.102. The minimum atomic E-state index is -0.387. The largest absolute Gasteiger partial charge is 0.506 e. The minimum absolute atomic E-state index is 0.0383. The number of carbonyl (C=O) groups is 1. The highest BCUT2D eigenvalue weighted by atomic mass is 16.5. The van der Waals surface area contributed by atoms with Crippen LogP contribution in [0.25, 0.3) is 0 Å². The van der Waals surface area contributed by atoms with Crippen LogP contribution in [-0.2, 0) is 0 Å². The van der Waals surface area contributed by atoms with Crippen molar-refractivity contribution in [3.05, 3.63) is 48.0 Å². The van der Waals surface area contributed by atoms with Crippen LogP contribution in [0, 0.1) is 0 Å². The Labute approximate surface area is 110 Å². The lowest BCUT2D eigenvalue weighted by atomic mass is 10.1. The Hall–Kier alpha value is -2.69. The van der Waals surface area contributed by atoms with Gasteiger partial charge in [-0.15, -0.1) is 0 Å². The number of carbonyl (C=O) groups excluding carboxylic acids is 1. The topological polar surface area (TPSA) is 84.6 Å². The first kappa shape index (κ1) is 12.8. The number of hydrogen-bond donors (Lipinski definition) is 3. The van der Waals surface area contributed by atoms with Gasteiger partial charge < -0.3 is 20.9 Å². The van der Waals surface area contributed by atoms with E-state index in [9.17, 15) is 9.90 Å². The summed E-state index contributed by atoms with van der Waals surface area (Å²) < 4.78 is 5.03. The average molecular weight is 258 g/mol. The maximum atomic E-state index is 12.0. The van der Waals surface area contributed by atoms with E-state index < -0.39 is 0 Å². The number of anilines is 2. The lowest BCUT2D eigenvalue weighted by Crippen LogP contribution is -2.14. The summed E-state index contributed by atoms with van der Waals surface area (Å²) >= 11 is 0. The van der Waals surface area contributed by atoms with Gasteiger partial charge in [-0.25, -0.2) is 0 Å². The molecule has 0 aliphatic rings. The molecule has 0 spiro atoms. The molecule has 2 aromatic carbocycles. The zero-order valence-corrected chi connectivity index (χ0v) is 10.4. The van der Waals surface area contributed by atoms with Crippen molar-refractivity contribution in [2.24, 2.45) is 0 Å². The Morgan fingerprint density at radius 3 is 2.68 bits per heavy atom. The number of amides is 1. The van der Waals surface area contributed by atoms with Gasteiger partial charge in [-0.1, -0.05) is 12.1 Å². The van der Waals surface area contributed by atoms with Gasteiger partial charge in [-0.2, -0.15) is 0 Å². The molecule has 0 aliphatic carbocycles. The summed E-state index contributed by atoms with van der Waals surface area (Å²) in [4.78, 5) is 12.0. The van der Waals surface area contributed by atoms with Crippen LogP contribution in [-0.4, -0.2) is 18.1 Å². The number of nitrogens with one attached hydrogen (secondary N) is 1. The first-order chi connectivity index (χ1) is 9.11. The summed E-state index contributed by atoms with van der Waals surface area (Å²) in [6.45, 7) is 0. The van der Waals surface area contributed by atoms with Crippen LogP contribution in [0.1, 0.15) is 10.4 Å². The molecule has 0 saturated carbocycles. The van der Waals surface area contributed by atoms with Gasteiger partial charge in [0, 0.05) is 11.8 Å². The van der Waals surface area contributed by atoms with Crippen molar-refractivity contribution >= 4 is 17.3 Å². The highest BCUT2D eigenvalue weighted by Crippen LogP contribution is 2.28. The summed E-state index contributed by atoms with van der Waals surface area (Å²) in [6.07, 6.45) is 0. The Morgan fingerprint density at radius 1 is 1.26 bits per heavy atom. The third kappa shape index (κ3) is 2.77. The van der Waals surface area contributed by atoms with Gasteiger partial charge in [-0.05, 0) is 24.3 Å². The number of ether oxygens (including phenoxy) is 1. The van der Waals surface area contributed by atoms with E-state index in [1.165, 1.54) is 19.2 Å². The van der Waals surface area contributed by atoms with E-state index in [-0.39, 0.29) is 17.3 Å². The van der Waals surface area contributed by atoms with Crippen molar-refractivity contribution in [2.75, 3.05) is 18.2 Å². The maximum absolute atomic E-state index is 12.0. The second-order valence-electron chi connectivity index (χ2n) is 3.92. The molecule has 0 atom stereocenters. The summed E-state index contributed by atoms with van der Waals surface area (Å²) in [5, 5.41) is 12.3. The number of benzene rings is 2. The van der Waals surface area contributed by atoms with Gasteiger partial charge in [0.05, 0.1) is 18.4 Å². The molecular formula is C14H14N2O3. The number of phenolic OH excluding ortho intramolecular Hbond substituents is 1. The molecule has 5 nitrogen and oxygen atoms in total. The molecule has 0 saturated heterocycles. The molecule has 0 radical (unpaired) electrons. The fourth-order valence-electron chi connectivity index (χ4n) is 1.64. The van der Waals surface area contributed by atoms with Gasteiger partial charge in [0.2, 0.25) is 0 Å². The van der Waals surface area contributed by atoms with E-state index in [1.807, 2.05) is 0 Å². The first-order valence-corrected chi connectivity index (χ1v) is 5.64. The summed E-state index contributed by atoms with van der Waals surface area (Å²) in [7, 11) is 1.51. The van der Waals surface area contributed by atoms with Gasteiger partial charge in [0.25, 0.3) is 5.91 Å². The first-order valence-electron chi connectivity index (χ1n) is 5.64. The molecule has 0 aliphatic heterocycles.